The zero-order valence-corrected chi connectivity index (χ0v) is 14.1. The predicted molar refractivity (Wildman–Crippen MR) is 95.3 cm³/mol. The van der Waals surface area contributed by atoms with E-state index in [1.54, 1.807) is 13.2 Å². The Kier molecular flexibility index (Phi) is 4.57. The van der Waals surface area contributed by atoms with Crippen LogP contribution in [0.1, 0.15) is 11.1 Å². The summed E-state index contributed by atoms with van der Waals surface area (Å²) in [5.74, 6) is -0.248. The van der Waals surface area contributed by atoms with Gasteiger partial charge in [0.25, 0.3) is 0 Å². The van der Waals surface area contributed by atoms with Crippen molar-refractivity contribution in [3.05, 3.63) is 58.5 Å². The lowest BCUT2D eigenvalue weighted by atomic mass is 10.1. The minimum Gasteiger partial charge on any atom is -0.497 e. The van der Waals surface area contributed by atoms with Crippen LogP contribution in [0.15, 0.2) is 52.5 Å². The average molecular weight is 340 g/mol. The minimum absolute atomic E-state index is 0.197. The van der Waals surface area contributed by atoms with Gasteiger partial charge in [0.05, 0.1) is 18.1 Å². The maximum atomic E-state index is 11.6. The summed E-state index contributed by atoms with van der Waals surface area (Å²) in [5.41, 5.74) is 3.46. The number of aromatic nitrogens is 2. The third kappa shape index (κ3) is 3.44. The lowest BCUT2D eigenvalue weighted by molar-refractivity contribution is -0.131. The van der Waals surface area contributed by atoms with Gasteiger partial charge >= 0.3 is 5.97 Å². The molecule has 5 nitrogen and oxygen atoms in total. The van der Waals surface area contributed by atoms with Gasteiger partial charge < -0.3 is 14.8 Å². The Bertz CT molecular complexity index is 898. The number of benzene rings is 2. The number of hydrogen-bond acceptors (Lipinski definition) is 4. The maximum Gasteiger partial charge on any atom is 0.342 e. The topological polar surface area (TPSA) is 75.2 Å². The minimum atomic E-state index is -0.990. The van der Waals surface area contributed by atoms with Crippen LogP contribution < -0.4 is 4.74 Å². The van der Waals surface area contributed by atoms with Crippen molar-refractivity contribution < 1.29 is 14.6 Å². The maximum absolute atomic E-state index is 11.6. The summed E-state index contributed by atoms with van der Waals surface area (Å²) in [6.07, 6.45) is 1.65. The quantitative estimate of drug-likeness (QED) is 0.540. The molecule has 1 aromatic heterocycles. The van der Waals surface area contributed by atoms with E-state index in [4.69, 9.17) is 4.74 Å². The van der Waals surface area contributed by atoms with E-state index >= 15 is 0 Å². The van der Waals surface area contributed by atoms with E-state index < -0.39 is 5.97 Å². The Labute approximate surface area is 143 Å². The molecule has 24 heavy (non-hydrogen) atoms. The summed E-state index contributed by atoms with van der Waals surface area (Å²) >= 11 is 1.10. The van der Waals surface area contributed by atoms with Crippen molar-refractivity contribution in [2.75, 3.05) is 7.11 Å². The predicted octanol–water partition coefficient (Wildman–Crippen LogP) is 4.10. The number of ether oxygens (including phenoxy) is 1. The average Bonchev–Trinajstić information content (AvgIpc) is 2.98. The van der Waals surface area contributed by atoms with Gasteiger partial charge in [0.1, 0.15) is 10.7 Å². The fourth-order valence-corrected chi connectivity index (χ4v) is 3.08. The number of hydrogen-bond donors (Lipinski definition) is 2. The molecular weight excluding hydrogens is 324 g/mol. The molecule has 1 heterocycles. The molecule has 0 bridgehead atoms. The highest BCUT2D eigenvalue weighted by molar-refractivity contribution is 8.04. The normalized spacial score (nSPS) is 11.7. The Hall–Kier alpha value is -2.73. The molecule has 3 rings (SSSR count). The molecule has 0 spiro atoms. The summed E-state index contributed by atoms with van der Waals surface area (Å²) in [4.78, 5) is 19.3. The van der Waals surface area contributed by atoms with Crippen molar-refractivity contribution in [1.82, 2.24) is 9.97 Å². The van der Waals surface area contributed by atoms with Crippen LogP contribution in [0.4, 0.5) is 0 Å². The van der Waals surface area contributed by atoms with Gasteiger partial charge in [-0.2, -0.15) is 0 Å². The number of aliphatic carboxylic acids is 1. The summed E-state index contributed by atoms with van der Waals surface area (Å²) in [6.45, 7) is 1.92. The van der Waals surface area contributed by atoms with Gasteiger partial charge in [-0.3, -0.25) is 0 Å². The lowest BCUT2D eigenvalue weighted by Crippen LogP contribution is -1.98. The van der Waals surface area contributed by atoms with Gasteiger partial charge in [-0.25, -0.2) is 9.78 Å². The third-order valence-electron chi connectivity index (χ3n) is 3.55. The first-order chi connectivity index (χ1) is 11.6. The Balaban J connectivity index is 1.93. The molecule has 0 aliphatic carbocycles. The van der Waals surface area contributed by atoms with Crippen LogP contribution in [0.3, 0.4) is 0 Å². The standard InChI is InChI=1S/C18H16N2O3S/c1-11-9-13(23-2)8-7-12(11)10-16(17(21)22)24-18-19-14-5-3-4-6-15(14)20-18/h3-10H,1-2H3,(H,19,20)(H,21,22)/b16-10-. The van der Waals surface area contributed by atoms with E-state index in [0.29, 0.717) is 5.16 Å². The number of rotatable bonds is 5. The van der Waals surface area contributed by atoms with Crippen LogP contribution in [0.2, 0.25) is 0 Å². The van der Waals surface area contributed by atoms with E-state index in [1.165, 1.54) is 0 Å². The molecule has 0 saturated carbocycles. The van der Waals surface area contributed by atoms with Crippen LogP contribution >= 0.6 is 11.8 Å². The molecule has 2 aromatic carbocycles. The molecule has 122 valence electrons. The number of carbonyl (C=O) groups is 1. The molecule has 0 unspecified atom stereocenters. The smallest absolute Gasteiger partial charge is 0.342 e. The Morgan fingerprint density at radius 3 is 2.75 bits per heavy atom. The number of fused-ring (bicyclic) bond motifs is 1. The second-order valence-electron chi connectivity index (χ2n) is 5.20. The second-order valence-corrected chi connectivity index (χ2v) is 6.23. The van der Waals surface area contributed by atoms with Crippen LogP contribution in [0.25, 0.3) is 17.1 Å². The number of aromatic amines is 1. The molecule has 0 radical (unpaired) electrons. The molecular formula is C18H16N2O3S. The molecule has 2 N–H and O–H groups in total. The van der Waals surface area contributed by atoms with Crippen molar-refractivity contribution in [1.29, 1.82) is 0 Å². The number of aryl methyl sites for hydroxylation is 1. The number of imidazole rings is 1. The molecule has 0 amide bonds. The Morgan fingerprint density at radius 1 is 1.29 bits per heavy atom. The van der Waals surface area contributed by atoms with E-state index in [-0.39, 0.29) is 4.91 Å². The molecule has 0 atom stereocenters. The van der Waals surface area contributed by atoms with Crippen LogP contribution in [0.5, 0.6) is 5.75 Å². The van der Waals surface area contributed by atoms with Crippen molar-refractivity contribution >= 4 is 34.8 Å². The number of carboxylic acids is 1. The molecule has 6 heteroatoms. The SMILES string of the molecule is COc1ccc(/C=C(\Sc2nc3ccccc3[nH]2)C(=O)O)c(C)c1. The third-order valence-corrected chi connectivity index (χ3v) is 4.45. The van der Waals surface area contributed by atoms with Gasteiger partial charge in [-0.15, -0.1) is 0 Å². The second kappa shape index (κ2) is 6.80. The van der Waals surface area contributed by atoms with Crippen LogP contribution in [0, 0.1) is 6.92 Å². The zero-order valence-electron chi connectivity index (χ0n) is 13.2. The first kappa shape index (κ1) is 16.1. The lowest BCUT2D eigenvalue weighted by Gasteiger charge is -2.06. The summed E-state index contributed by atoms with van der Waals surface area (Å²) in [7, 11) is 1.60. The number of nitrogens with zero attached hydrogens (tertiary/aromatic N) is 1. The largest absolute Gasteiger partial charge is 0.497 e. The van der Waals surface area contributed by atoms with Crippen LogP contribution in [-0.2, 0) is 4.79 Å². The van der Waals surface area contributed by atoms with E-state index in [9.17, 15) is 9.90 Å². The van der Waals surface area contributed by atoms with Crippen molar-refractivity contribution in [3.63, 3.8) is 0 Å². The van der Waals surface area contributed by atoms with Gasteiger partial charge in [0.15, 0.2) is 5.16 Å². The number of para-hydroxylation sites is 2. The summed E-state index contributed by atoms with van der Waals surface area (Å²) in [5, 5.41) is 10.1. The van der Waals surface area contributed by atoms with Crippen LogP contribution in [-0.4, -0.2) is 28.2 Å². The van der Waals surface area contributed by atoms with E-state index in [0.717, 1.165) is 39.7 Å². The summed E-state index contributed by atoms with van der Waals surface area (Å²) in [6, 6.07) is 13.1. The number of nitrogens with one attached hydrogen (secondary N) is 1. The van der Waals surface area contributed by atoms with Crippen molar-refractivity contribution in [3.8, 4) is 5.75 Å². The fraction of sp³-hybridized carbons (Fsp3) is 0.111. The van der Waals surface area contributed by atoms with E-state index in [1.807, 2.05) is 49.4 Å². The number of methoxy groups -OCH3 is 1. The highest BCUT2D eigenvalue weighted by Crippen LogP contribution is 2.29. The number of H-pyrrole nitrogens is 1. The molecule has 0 aliphatic rings. The van der Waals surface area contributed by atoms with Gasteiger partial charge in [-0.05, 0) is 60.2 Å². The zero-order chi connectivity index (χ0) is 17.1. The number of thioether (sulfide) groups is 1. The van der Waals surface area contributed by atoms with Gasteiger partial charge in [-0.1, -0.05) is 18.2 Å². The Morgan fingerprint density at radius 2 is 2.08 bits per heavy atom. The van der Waals surface area contributed by atoms with E-state index in [2.05, 4.69) is 9.97 Å². The molecule has 0 aliphatic heterocycles. The monoisotopic (exact) mass is 340 g/mol. The van der Waals surface area contributed by atoms with Crippen molar-refractivity contribution in [2.45, 2.75) is 12.1 Å². The highest BCUT2D eigenvalue weighted by atomic mass is 32.2. The van der Waals surface area contributed by atoms with Crippen molar-refractivity contribution in [2.24, 2.45) is 0 Å². The van der Waals surface area contributed by atoms with Gasteiger partial charge in [0.2, 0.25) is 0 Å². The summed E-state index contributed by atoms with van der Waals surface area (Å²) < 4.78 is 5.17. The first-order valence-corrected chi connectivity index (χ1v) is 8.10. The fourth-order valence-electron chi connectivity index (χ4n) is 2.30. The van der Waals surface area contributed by atoms with Gasteiger partial charge in [0, 0.05) is 0 Å². The molecule has 0 fully saturated rings. The molecule has 3 aromatic rings. The molecule has 0 saturated heterocycles. The number of carboxylic acid groups (broad SMARTS) is 1. The highest BCUT2D eigenvalue weighted by Gasteiger charge is 2.13. The first-order valence-electron chi connectivity index (χ1n) is 7.29.